The molecule has 0 saturated heterocycles. The van der Waals surface area contributed by atoms with Crippen LogP contribution in [0.2, 0.25) is 10.0 Å². The van der Waals surface area contributed by atoms with Gasteiger partial charge in [-0.25, -0.2) is 0 Å². The van der Waals surface area contributed by atoms with Crippen molar-refractivity contribution in [2.45, 2.75) is 38.6 Å². The summed E-state index contributed by atoms with van der Waals surface area (Å²) in [5.74, 6) is -0.959. The fourth-order valence-corrected chi connectivity index (χ4v) is 4.00. The van der Waals surface area contributed by atoms with E-state index < -0.39 is 17.2 Å². The van der Waals surface area contributed by atoms with Crippen LogP contribution in [0.3, 0.4) is 0 Å². The first-order valence-electron chi connectivity index (χ1n) is 8.24. The van der Waals surface area contributed by atoms with E-state index in [1.165, 1.54) is 29.7 Å². The van der Waals surface area contributed by atoms with E-state index in [0.29, 0.717) is 5.02 Å². The van der Waals surface area contributed by atoms with Gasteiger partial charge in [-0.15, -0.1) is 0 Å². The second-order valence-corrected chi connectivity index (χ2v) is 7.22. The average molecular weight is 391 g/mol. The Kier molecular flexibility index (Phi) is 5.08. The zero-order valence-electron chi connectivity index (χ0n) is 14.1. The minimum Gasteiger partial charge on any atom is -0.494 e. The van der Waals surface area contributed by atoms with Crippen molar-refractivity contribution in [1.82, 2.24) is 4.57 Å². The van der Waals surface area contributed by atoms with Crippen LogP contribution in [-0.2, 0) is 0 Å². The first-order chi connectivity index (χ1) is 12.4. The molecule has 0 unspecified atom stereocenters. The van der Waals surface area contributed by atoms with E-state index in [2.05, 4.69) is 0 Å². The molecule has 1 aromatic heterocycles. The van der Waals surface area contributed by atoms with Gasteiger partial charge in [0.05, 0.1) is 10.6 Å². The summed E-state index contributed by atoms with van der Waals surface area (Å²) in [4.78, 5) is 25.7. The van der Waals surface area contributed by atoms with Crippen LogP contribution in [-0.4, -0.2) is 15.5 Å². The molecule has 1 N–H and O–H groups in total. The van der Waals surface area contributed by atoms with Gasteiger partial charge in [-0.05, 0) is 43.5 Å². The lowest BCUT2D eigenvalue weighted by molar-refractivity contribution is 0.103. The molecule has 0 radical (unpaired) electrons. The molecular weight excluding hydrogens is 375 g/mol. The number of aromatic hydroxyl groups is 1. The van der Waals surface area contributed by atoms with Gasteiger partial charge in [-0.2, -0.15) is 5.26 Å². The lowest BCUT2D eigenvalue weighted by Gasteiger charge is -2.20. The number of hydrogen-bond acceptors (Lipinski definition) is 4. The van der Waals surface area contributed by atoms with Crippen molar-refractivity contribution in [3.8, 4) is 11.9 Å². The van der Waals surface area contributed by atoms with Crippen LogP contribution in [0, 0.1) is 18.3 Å². The Bertz CT molecular complexity index is 999. The molecule has 1 aliphatic rings. The van der Waals surface area contributed by atoms with Crippen molar-refractivity contribution in [3.63, 3.8) is 0 Å². The number of carbonyl (C=O) groups excluding carboxylic acids is 1. The predicted molar refractivity (Wildman–Crippen MR) is 99.2 cm³/mol. The van der Waals surface area contributed by atoms with E-state index in [1.54, 1.807) is 0 Å². The predicted octanol–water partition coefficient (Wildman–Crippen LogP) is 4.39. The SMILES string of the molecule is Cc1c(C(=O)c2ccc(Cl)cc2Cl)c(O)n(C2CCCC2)c(=O)c1C#N. The first-order valence-corrected chi connectivity index (χ1v) is 9.00. The quantitative estimate of drug-likeness (QED) is 0.787. The minimum absolute atomic E-state index is 0.0720. The molecule has 2 aromatic rings. The Morgan fingerprint density at radius 2 is 1.96 bits per heavy atom. The highest BCUT2D eigenvalue weighted by Crippen LogP contribution is 2.35. The first kappa shape index (κ1) is 18.5. The van der Waals surface area contributed by atoms with Crippen LogP contribution in [0.5, 0.6) is 5.88 Å². The molecular formula is C19H16Cl2N2O3. The third-order valence-electron chi connectivity index (χ3n) is 4.84. The van der Waals surface area contributed by atoms with Crippen molar-refractivity contribution >= 4 is 29.0 Å². The molecule has 1 aliphatic carbocycles. The summed E-state index contributed by atoms with van der Waals surface area (Å²) in [7, 11) is 0. The third-order valence-corrected chi connectivity index (χ3v) is 5.39. The molecule has 0 bridgehead atoms. The summed E-state index contributed by atoms with van der Waals surface area (Å²) in [6.07, 6.45) is 3.30. The molecule has 1 saturated carbocycles. The van der Waals surface area contributed by atoms with E-state index in [4.69, 9.17) is 23.2 Å². The molecule has 5 nitrogen and oxygen atoms in total. The van der Waals surface area contributed by atoms with Gasteiger partial charge in [-0.1, -0.05) is 36.0 Å². The molecule has 0 amide bonds. The van der Waals surface area contributed by atoms with Crippen LogP contribution in [0.25, 0.3) is 0 Å². The molecule has 26 heavy (non-hydrogen) atoms. The van der Waals surface area contributed by atoms with Crippen LogP contribution in [0.15, 0.2) is 23.0 Å². The fraction of sp³-hybridized carbons (Fsp3) is 0.316. The van der Waals surface area contributed by atoms with Gasteiger partial charge >= 0.3 is 0 Å². The average Bonchev–Trinajstić information content (AvgIpc) is 3.09. The number of hydrogen-bond donors (Lipinski definition) is 1. The topological polar surface area (TPSA) is 83.1 Å². The Morgan fingerprint density at radius 3 is 2.54 bits per heavy atom. The van der Waals surface area contributed by atoms with Gasteiger partial charge in [-0.3, -0.25) is 14.2 Å². The fourth-order valence-electron chi connectivity index (χ4n) is 3.50. The normalized spacial score (nSPS) is 14.4. The van der Waals surface area contributed by atoms with E-state index in [1.807, 2.05) is 6.07 Å². The number of aromatic nitrogens is 1. The number of nitrogens with zero attached hydrogens (tertiary/aromatic N) is 2. The smallest absolute Gasteiger partial charge is 0.271 e. The Balaban J connectivity index is 2.27. The molecule has 134 valence electrons. The number of nitriles is 1. The zero-order valence-corrected chi connectivity index (χ0v) is 15.6. The van der Waals surface area contributed by atoms with Gasteiger partial charge in [0, 0.05) is 16.6 Å². The van der Waals surface area contributed by atoms with Gasteiger partial charge in [0.25, 0.3) is 5.56 Å². The van der Waals surface area contributed by atoms with Crippen LogP contribution in [0.1, 0.15) is 58.8 Å². The van der Waals surface area contributed by atoms with Crippen molar-refractivity contribution in [3.05, 3.63) is 60.9 Å². The van der Waals surface area contributed by atoms with Crippen molar-refractivity contribution in [2.75, 3.05) is 0 Å². The van der Waals surface area contributed by atoms with Gasteiger partial charge in [0.1, 0.15) is 11.6 Å². The highest BCUT2D eigenvalue weighted by atomic mass is 35.5. The van der Waals surface area contributed by atoms with Crippen molar-refractivity contribution in [2.24, 2.45) is 0 Å². The summed E-state index contributed by atoms with van der Waals surface area (Å²) in [5, 5.41) is 20.7. The third kappa shape index (κ3) is 3.00. The molecule has 1 aromatic carbocycles. The standard InChI is InChI=1S/C19H16Cl2N2O3/c1-10-14(9-22)18(25)23(12-4-2-3-5-12)19(26)16(10)17(24)13-7-6-11(20)8-15(13)21/h6-8,12,26H,2-5H2,1H3. The monoisotopic (exact) mass is 390 g/mol. The molecule has 0 spiro atoms. The Hall–Kier alpha value is -2.29. The van der Waals surface area contributed by atoms with Crippen LogP contribution in [0.4, 0.5) is 0 Å². The largest absolute Gasteiger partial charge is 0.494 e. The van der Waals surface area contributed by atoms with Crippen molar-refractivity contribution in [1.29, 1.82) is 5.26 Å². The molecule has 1 heterocycles. The zero-order chi connectivity index (χ0) is 19.0. The van der Waals surface area contributed by atoms with E-state index in [-0.39, 0.29) is 33.3 Å². The highest BCUT2D eigenvalue weighted by Gasteiger charge is 2.30. The summed E-state index contributed by atoms with van der Waals surface area (Å²) < 4.78 is 1.19. The molecule has 1 fully saturated rings. The number of halogens is 2. The maximum absolute atomic E-state index is 13.1. The summed E-state index contributed by atoms with van der Waals surface area (Å²) >= 11 is 12.0. The van der Waals surface area contributed by atoms with Gasteiger partial charge < -0.3 is 5.11 Å². The van der Waals surface area contributed by atoms with E-state index in [9.17, 15) is 20.0 Å². The molecule has 0 aliphatic heterocycles. The summed E-state index contributed by atoms with van der Waals surface area (Å²) in [6, 6.07) is 6.07. The lowest BCUT2D eigenvalue weighted by Crippen LogP contribution is -2.29. The molecule has 7 heteroatoms. The highest BCUT2D eigenvalue weighted by molar-refractivity contribution is 6.37. The Labute approximate surface area is 160 Å². The number of carbonyl (C=O) groups is 1. The maximum atomic E-state index is 13.1. The Morgan fingerprint density at radius 1 is 1.31 bits per heavy atom. The minimum atomic E-state index is -0.562. The van der Waals surface area contributed by atoms with Crippen LogP contribution < -0.4 is 5.56 Å². The second kappa shape index (κ2) is 7.14. The van der Waals surface area contributed by atoms with Gasteiger partial charge in [0.15, 0.2) is 5.78 Å². The lowest BCUT2D eigenvalue weighted by atomic mass is 9.96. The maximum Gasteiger partial charge on any atom is 0.271 e. The van der Waals surface area contributed by atoms with E-state index >= 15 is 0 Å². The number of benzene rings is 1. The molecule has 0 atom stereocenters. The second-order valence-electron chi connectivity index (χ2n) is 6.38. The number of pyridine rings is 1. The summed E-state index contributed by atoms with van der Waals surface area (Å²) in [5.41, 5.74) is -0.469. The number of ketones is 1. The van der Waals surface area contributed by atoms with Crippen molar-refractivity contribution < 1.29 is 9.90 Å². The van der Waals surface area contributed by atoms with Crippen LogP contribution >= 0.6 is 23.2 Å². The summed E-state index contributed by atoms with van der Waals surface area (Å²) in [6.45, 7) is 1.48. The van der Waals surface area contributed by atoms with Gasteiger partial charge in [0.2, 0.25) is 5.88 Å². The number of rotatable bonds is 3. The molecule has 3 rings (SSSR count). The van der Waals surface area contributed by atoms with E-state index in [0.717, 1.165) is 25.7 Å².